The van der Waals surface area contributed by atoms with E-state index in [1.165, 1.54) is 6.07 Å². The molecule has 0 saturated heterocycles. The van der Waals surface area contributed by atoms with Gasteiger partial charge in [-0.2, -0.15) is 0 Å². The fourth-order valence-electron chi connectivity index (χ4n) is 2.43. The number of nitro groups is 1. The Morgan fingerprint density at radius 3 is 2.54 bits per heavy atom. The highest BCUT2D eigenvalue weighted by Gasteiger charge is 2.20. The fraction of sp³-hybridized carbons (Fsp3) is 0.353. The Bertz CT molecular complexity index is 767. The zero-order valence-corrected chi connectivity index (χ0v) is 14.3. The maximum absolute atomic E-state index is 12.3. The second-order valence-electron chi connectivity index (χ2n) is 5.89. The summed E-state index contributed by atoms with van der Waals surface area (Å²) in [7, 11) is 1.79. The van der Waals surface area contributed by atoms with Crippen molar-refractivity contribution in [2.24, 2.45) is 0 Å². The minimum Gasteiger partial charge on any atom is -0.465 e. The van der Waals surface area contributed by atoms with Crippen molar-refractivity contribution in [2.45, 2.75) is 27.3 Å². The van der Waals surface area contributed by atoms with Gasteiger partial charge in [0.15, 0.2) is 0 Å². The average Bonchev–Trinajstić information content (AvgIpc) is 2.88. The Labute approximate surface area is 140 Å². The van der Waals surface area contributed by atoms with Crippen molar-refractivity contribution in [2.75, 3.05) is 18.9 Å². The molecule has 0 bridgehead atoms. The molecule has 0 saturated carbocycles. The van der Waals surface area contributed by atoms with Crippen LogP contribution in [-0.2, 0) is 11.3 Å². The molecule has 24 heavy (non-hydrogen) atoms. The first-order chi connectivity index (χ1) is 11.3. The van der Waals surface area contributed by atoms with Gasteiger partial charge in [0.25, 0.3) is 5.69 Å². The second-order valence-corrected chi connectivity index (χ2v) is 5.89. The predicted octanol–water partition coefficient (Wildman–Crippen LogP) is 3.18. The predicted molar refractivity (Wildman–Crippen MR) is 91.0 cm³/mol. The van der Waals surface area contributed by atoms with Crippen LogP contribution in [0.4, 0.5) is 11.4 Å². The third-order valence-corrected chi connectivity index (χ3v) is 3.81. The minimum atomic E-state index is -0.489. The molecule has 0 aliphatic carbocycles. The van der Waals surface area contributed by atoms with E-state index in [0.717, 1.165) is 17.1 Å². The number of carbonyl (C=O) groups excluding carboxylic acids is 1. The van der Waals surface area contributed by atoms with Gasteiger partial charge in [-0.05, 0) is 51.1 Å². The first-order valence-electron chi connectivity index (χ1n) is 7.56. The van der Waals surface area contributed by atoms with E-state index in [1.807, 2.05) is 26.0 Å². The summed E-state index contributed by atoms with van der Waals surface area (Å²) < 4.78 is 5.48. The van der Waals surface area contributed by atoms with Crippen molar-refractivity contribution in [1.29, 1.82) is 0 Å². The highest BCUT2D eigenvalue weighted by Crippen LogP contribution is 2.30. The number of hydrogen-bond donors (Lipinski definition) is 1. The van der Waals surface area contributed by atoms with Crippen LogP contribution >= 0.6 is 0 Å². The van der Waals surface area contributed by atoms with E-state index in [4.69, 9.17) is 4.42 Å². The van der Waals surface area contributed by atoms with E-state index in [0.29, 0.717) is 12.1 Å². The molecule has 0 spiro atoms. The molecule has 0 fully saturated rings. The lowest BCUT2D eigenvalue weighted by Crippen LogP contribution is -2.30. The van der Waals surface area contributed by atoms with Gasteiger partial charge >= 0.3 is 0 Å². The van der Waals surface area contributed by atoms with Crippen molar-refractivity contribution in [3.05, 3.63) is 57.0 Å². The summed E-state index contributed by atoms with van der Waals surface area (Å²) in [5.74, 6) is 1.27. The van der Waals surface area contributed by atoms with Crippen LogP contribution < -0.4 is 5.32 Å². The monoisotopic (exact) mass is 331 g/mol. The first kappa shape index (κ1) is 17.7. The highest BCUT2D eigenvalue weighted by molar-refractivity contribution is 5.95. The van der Waals surface area contributed by atoms with Crippen LogP contribution in [0.1, 0.15) is 22.6 Å². The molecule has 0 atom stereocenters. The summed E-state index contributed by atoms with van der Waals surface area (Å²) in [6.45, 7) is 6.05. The third-order valence-electron chi connectivity index (χ3n) is 3.81. The molecular weight excluding hydrogens is 310 g/mol. The Kier molecular flexibility index (Phi) is 5.35. The van der Waals surface area contributed by atoms with Gasteiger partial charge < -0.3 is 9.73 Å². The number of likely N-dealkylation sites (N-methyl/N-ethyl adjacent to an activating group) is 1. The SMILES string of the molecule is Cc1ccc(CN(C)CC(=O)Nc2c([N+](=O)[O-])ccc(C)c2C)o1. The number of carbonyl (C=O) groups is 1. The molecule has 1 aromatic heterocycles. The first-order valence-corrected chi connectivity index (χ1v) is 7.56. The minimum absolute atomic E-state index is 0.101. The molecule has 1 heterocycles. The lowest BCUT2D eigenvalue weighted by atomic mass is 10.1. The van der Waals surface area contributed by atoms with Gasteiger partial charge in [-0.3, -0.25) is 19.8 Å². The largest absolute Gasteiger partial charge is 0.465 e. The van der Waals surface area contributed by atoms with E-state index in [-0.39, 0.29) is 23.8 Å². The summed E-state index contributed by atoms with van der Waals surface area (Å²) in [6, 6.07) is 6.81. The molecule has 2 aromatic rings. The van der Waals surface area contributed by atoms with Crippen LogP contribution in [0.2, 0.25) is 0 Å². The quantitative estimate of drug-likeness (QED) is 0.648. The lowest BCUT2D eigenvalue weighted by molar-refractivity contribution is -0.384. The maximum atomic E-state index is 12.3. The van der Waals surface area contributed by atoms with E-state index in [2.05, 4.69) is 5.32 Å². The number of nitro benzene ring substituents is 1. The molecule has 1 N–H and O–H groups in total. The van der Waals surface area contributed by atoms with Crippen LogP contribution in [0.25, 0.3) is 0 Å². The normalized spacial score (nSPS) is 10.9. The molecule has 7 heteroatoms. The molecule has 0 aliphatic rings. The standard InChI is InChI=1S/C17H21N3O4/c1-11-5-8-15(20(22)23)17(13(11)3)18-16(21)10-19(4)9-14-7-6-12(2)24-14/h5-8H,9-10H2,1-4H3,(H,18,21). The lowest BCUT2D eigenvalue weighted by Gasteiger charge is -2.16. The molecular formula is C17H21N3O4. The molecule has 0 unspecified atom stereocenters. The van der Waals surface area contributed by atoms with Gasteiger partial charge in [-0.1, -0.05) is 6.07 Å². The highest BCUT2D eigenvalue weighted by atomic mass is 16.6. The van der Waals surface area contributed by atoms with Crippen molar-refractivity contribution in [1.82, 2.24) is 4.90 Å². The molecule has 0 radical (unpaired) electrons. The molecule has 0 aliphatic heterocycles. The summed E-state index contributed by atoms with van der Waals surface area (Å²) >= 11 is 0. The van der Waals surface area contributed by atoms with Crippen LogP contribution in [0.3, 0.4) is 0 Å². The van der Waals surface area contributed by atoms with Crippen molar-refractivity contribution in [3.8, 4) is 0 Å². The number of nitrogens with zero attached hydrogens (tertiary/aromatic N) is 2. The number of anilines is 1. The number of furan rings is 1. The summed E-state index contributed by atoms with van der Waals surface area (Å²) in [5.41, 5.74) is 1.74. The third kappa shape index (κ3) is 4.20. The molecule has 7 nitrogen and oxygen atoms in total. The van der Waals surface area contributed by atoms with Crippen LogP contribution in [0.15, 0.2) is 28.7 Å². The van der Waals surface area contributed by atoms with Gasteiger partial charge in [0, 0.05) is 6.07 Å². The van der Waals surface area contributed by atoms with Crippen LogP contribution in [0, 0.1) is 30.9 Å². The smallest absolute Gasteiger partial charge is 0.293 e. The van der Waals surface area contributed by atoms with Crippen molar-refractivity contribution >= 4 is 17.3 Å². The van der Waals surface area contributed by atoms with Gasteiger partial charge in [0.1, 0.15) is 17.2 Å². The fourth-order valence-corrected chi connectivity index (χ4v) is 2.43. The number of nitrogens with one attached hydrogen (secondary N) is 1. The van der Waals surface area contributed by atoms with Gasteiger partial charge in [-0.15, -0.1) is 0 Å². The molecule has 128 valence electrons. The van der Waals surface area contributed by atoms with E-state index < -0.39 is 4.92 Å². The van der Waals surface area contributed by atoms with Crippen molar-refractivity contribution in [3.63, 3.8) is 0 Å². The van der Waals surface area contributed by atoms with Gasteiger partial charge in [-0.25, -0.2) is 0 Å². The number of benzene rings is 1. The summed E-state index contributed by atoms with van der Waals surface area (Å²) in [6.07, 6.45) is 0. The van der Waals surface area contributed by atoms with Crippen molar-refractivity contribution < 1.29 is 14.1 Å². The molecule has 2 rings (SSSR count). The van der Waals surface area contributed by atoms with Crippen LogP contribution in [-0.4, -0.2) is 29.3 Å². The number of amides is 1. The van der Waals surface area contributed by atoms with E-state index in [1.54, 1.807) is 24.9 Å². The Morgan fingerprint density at radius 1 is 1.25 bits per heavy atom. The zero-order valence-electron chi connectivity index (χ0n) is 14.3. The Hall–Kier alpha value is -2.67. The van der Waals surface area contributed by atoms with E-state index >= 15 is 0 Å². The average molecular weight is 331 g/mol. The summed E-state index contributed by atoms with van der Waals surface area (Å²) in [4.78, 5) is 24.7. The maximum Gasteiger partial charge on any atom is 0.293 e. The Morgan fingerprint density at radius 2 is 1.96 bits per heavy atom. The number of rotatable bonds is 6. The number of aryl methyl sites for hydroxylation is 2. The van der Waals surface area contributed by atoms with E-state index in [9.17, 15) is 14.9 Å². The molecule has 1 aromatic carbocycles. The van der Waals surface area contributed by atoms with Crippen LogP contribution in [0.5, 0.6) is 0 Å². The second kappa shape index (κ2) is 7.27. The van der Waals surface area contributed by atoms with Gasteiger partial charge in [0.2, 0.25) is 5.91 Å². The topological polar surface area (TPSA) is 88.6 Å². The van der Waals surface area contributed by atoms with Gasteiger partial charge in [0.05, 0.1) is 18.0 Å². The molecule has 1 amide bonds. The zero-order chi connectivity index (χ0) is 17.9. The number of hydrogen-bond acceptors (Lipinski definition) is 5. The summed E-state index contributed by atoms with van der Waals surface area (Å²) in [5, 5.41) is 13.8. The Balaban J connectivity index is 2.06.